The molecule has 0 amide bonds. The molecule has 1 aliphatic heterocycles. The maximum Gasteiger partial charge on any atom is 0.138 e. The van der Waals surface area contributed by atoms with Gasteiger partial charge in [0.05, 0.1) is 5.02 Å². The Morgan fingerprint density at radius 3 is 2.71 bits per heavy atom. The van der Waals surface area contributed by atoms with Crippen LogP contribution in [0.3, 0.4) is 0 Å². The minimum atomic E-state index is 0.210. The monoisotopic (exact) mass is 312 g/mol. The maximum atomic E-state index is 9.98. The minimum Gasteiger partial charge on any atom is -0.506 e. The number of phenolic OH excluding ortho intramolecular Hbond substituents is 1. The van der Waals surface area contributed by atoms with Crippen LogP contribution in [0.5, 0.6) is 5.75 Å². The Balaban J connectivity index is 1.83. The van der Waals surface area contributed by atoms with Gasteiger partial charge in [0.1, 0.15) is 5.75 Å². The summed E-state index contributed by atoms with van der Waals surface area (Å²) in [6.07, 6.45) is 3.10. The summed E-state index contributed by atoms with van der Waals surface area (Å²) < 4.78 is 0. The van der Waals surface area contributed by atoms with Crippen LogP contribution in [0, 0.1) is 0 Å². The van der Waals surface area contributed by atoms with E-state index >= 15 is 0 Å². The number of halogens is 1. The van der Waals surface area contributed by atoms with Crippen LogP contribution in [0.15, 0.2) is 18.2 Å². The molecular weight excluding hydrogens is 288 g/mol. The molecule has 1 heterocycles. The summed E-state index contributed by atoms with van der Waals surface area (Å²) in [5.74, 6) is 0.210. The third kappa shape index (κ3) is 4.58. The molecule has 0 unspecified atom stereocenters. The van der Waals surface area contributed by atoms with Crippen LogP contribution in [0.2, 0.25) is 5.02 Å². The van der Waals surface area contributed by atoms with E-state index in [2.05, 4.69) is 16.8 Å². The topological polar surface area (TPSA) is 46.9 Å². The molecule has 0 radical (unpaired) electrons. The lowest BCUT2D eigenvalue weighted by Gasteiger charge is -2.36. The van der Waals surface area contributed by atoms with Gasteiger partial charge in [-0.15, -0.1) is 0 Å². The van der Waals surface area contributed by atoms with Gasteiger partial charge in [0.15, 0.2) is 0 Å². The molecule has 0 aromatic heterocycles. The van der Waals surface area contributed by atoms with Crippen LogP contribution >= 0.6 is 11.6 Å². The number of nitrogens with zero attached hydrogens (tertiary/aromatic N) is 2. The lowest BCUT2D eigenvalue weighted by Crippen LogP contribution is -2.43. The zero-order valence-corrected chi connectivity index (χ0v) is 13.4. The molecule has 4 nitrogen and oxygen atoms in total. The summed E-state index contributed by atoms with van der Waals surface area (Å²) >= 11 is 5.95. The molecule has 1 saturated heterocycles. The fraction of sp³-hybridized carbons (Fsp3) is 0.625. The number of aromatic hydroxyl groups is 1. The number of piperidine rings is 1. The fourth-order valence-electron chi connectivity index (χ4n) is 2.95. The van der Waals surface area contributed by atoms with Crippen molar-refractivity contribution in [3.05, 3.63) is 28.8 Å². The van der Waals surface area contributed by atoms with Crippen molar-refractivity contribution in [2.24, 2.45) is 0 Å². The molecule has 1 aromatic carbocycles. The molecule has 21 heavy (non-hydrogen) atoms. The van der Waals surface area contributed by atoms with Crippen molar-refractivity contribution in [3.63, 3.8) is 0 Å². The van der Waals surface area contributed by atoms with Gasteiger partial charge >= 0.3 is 0 Å². The Bertz CT molecular complexity index is 448. The van der Waals surface area contributed by atoms with E-state index in [4.69, 9.17) is 16.7 Å². The van der Waals surface area contributed by atoms with Gasteiger partial charge in [0.2, 0.25) is 0 Å². The van der Waals surface area contributed by atoms with Gasteiger partial charge < -0.3 is 15.1 Å². The lowest BCUT2D eigenvalue weighted by molar-refractivity contribution is 0.117. The minimum absolute atomic E-state index is 0.210. The zero-order valence-electron chi connectivity index (χ0n) is 12.6. The first-order valence-electron chi connectivity index (χ1n) is 7.61. The zero-order chi connectivity index (χ0) is 15.2. The van der Waals surface area contributed by atoms with E-state index in [-0.39, 0.29) is 12.4 Å². The summed E-state index contributed by atoms with van der Waals surface area (Å²) in [5, 5.41) is 19.3. The first kappa shape index (κ1) is 16.6. The molecule has 2 N–H and O–H groups in total. The second-order valence-electron chi connectivity index (χ2n) is 5.81. The van der Waals surface area contributed by atoms with E-state index < -0.39 is 0 Å². The first-order valence-corrected chi connectivity index (χ1v) is 7.99. The summed E-state index contributed by atoms with van der Waals surface area (Å²) in [5.41, 5.74) is 0.898. The van der Waals surface area contributed by atoms with Crippen molar-refractivity contribution in [1.29, 1.82) is 0 Å². The molecule has 0 aliphatic carbocycles. The van der Waals surface area contributed by atoms with Gasteiger partial charge in [0, 0.05) is 31.3 Å². The van der Waals surface area contributed by atoms with E-state index in [1.54, 1.807) is 6.07 Å². The standard InChI is InChI=1S/C16H25ClN2O2/c1-18(8-3-11-20)14-6-9-19(10-7-14)12-13-4-2-5-15(17)16(13)21/h2,4-5,14,20-21H,3,6-12H2,1H3. The Kier molecular flexibility index (Phi) is 6.30. The fourth-order valence-corrected chi connectivity index (χ4v) is 3.14. The molecule has 1 aliphatic rings. The smallest absolute Gasteiger partial charge is 0.138 e. The van der Waals surface area contributed by atoms with Gasteiger partial charge in [-0.25, -0.2) is 0 Å². The number of rotatable bonds is 6. The van der Waals surface area contributed by atoms with Crippen LogP contribution in [0.25, 0.3) is 0 Å². The number of hydrogen-bond donors (Lipinski definition) is 2. The average molecular weight is 313 g/mol. The van der Waals surface area contributed by atoms with E-state index in [9.17, 15) is 5.11 Å². The maximum absolute atomic E-state index is 9.98. The highest BCUT2D eigenvalue weighted by Gasteiger charge is 2.22. The number of aliphatic hydroxyl groups excluding tert-OH is 1. The van der Waals surface area contributed by atoms with Crippen LogP contribution in [0.1, 0.15) is 24.8 Å². The summed E-state index contributed by atoms with van der Waals surface area (Å²) in [4.78, 5) is 4.71. The quantitative estimate of drug-likeness (QED) is 0.846. The van der Waals surface area contributed by atoms with Crippen molar-refractivity contribution >= 4 is 11.6 Å². The molecule has 2 rings (SSSR count). The number of para-hydroxylation sites is 1. The number of phenols is 1. The van der Waals surface area contributed by atoms with Crippen molar-refractivity contribution in [3.8, 4) is 5.75 Å². The molecule has 0 saturated carbocycles. The Morgan fingerprint density at radius 2 is 2.05 bits per heavy atom. The molecule has 0 atom stereocenters. The number of likely N-dealkylation sites (tertiary alicyclic amines) is 1. The predicted octanol–water partition coefficient (Wildman–Crippen LogP) is 2.32. The highest BCUT2D eigenvalue weighted by Crippen LogP contribution is 2.28. The van der Waals surface area contributed by atoms with Crippen LogP contribution in [-0.4, -0.2) is 59.3 Å². The van der Waals surface area contributed by atoms with Crippen LogP contribution in [0.4, 0.5) is 0 Å². The lowest BCUT2D eigenvalue weighted by atomic mass is 10.0. The Hall–Kier alpha value is -0.810. The van der Waals surface area contributed by atoms with Crippen molar-refractivity contribution in [2.75, 3.05) is 33.3 Å². The average Bonchev–Trinajstić information content (AvgIpc) is 2.50. The highest BCUT2D eigenvalue weighted by atomic mass is 35.5. The SMILES string of the molecule is CN(CCCO)C1CCN(Cc2cccc(Cl)c2O)CC1. The number of hydrogen-bond acceptors (Lipinski definition) is 4. The summed E-state index contributed by atoms with van der Waals surface area (Å²) in [6, 6.07) is 6.12. The van der Waals surface area contributed by atoms with Crippen LogP contribution in [-0.2, 0) is 6.54 Å². The molecular formula is C16H25ClN2O2. The summed E-state index contributed by atoms with van der Waals surface area (Å²) in [7, 11) is 2.14. The Morgan fingerprint density at radius 1 is 1.33 bits per heavy atom. The second-order valence-corrected chi connectivity index (χ2v) is 6.22. The van der Waals surface area contributed by atoms with Gasteiger partial charge in [0.25, 0.3) is 0 Å². The Labute approximate surface area is 131 Å². The van der Waals surface area contributed by atoms with Crippen molar-refractivity contribution < 1.29 is 10.2 Å². The normalized spacial score (nSPS) is 17.5. The molecule has 1 fully saturated rings. The number of benzene rings is 1. The van der Waals surface area contributed by atoms with Crippen molar-refractivity contribution in [1.82, 2.24) is 9.80 Å². The van der Waals surface area contributed by atoms with Gasteiger partial charge in [-0.05, 0) is 45.5 Å². The van der Waals surface area contributed by atoms with E-state index in [0.29, 0.717) is 11.1 Å². The third-order valence-corrected chi connectivity index (χ3v) is 4.62. The molecule has 118 valence electrons. The van der Waals surface area contributed by atoms with E-state index in [0.717, 1.165) is 51.0 Å². The summed E-state index contributed by atoms with van der Waals surface area (Å²) in [6.45, 7) is 4.02. The molecule has 0 spiro atoms. The first-order chi connectivity index (χ1) is 10.1. The van der Waals surface area contributed by atoms with Gasteiger partial charge in [-0.3, -0.25) is 4.90 Å². The number of aliphatic hydroxyl groups is 1. The molecule has 1 aromatic rings. The largest absolute Gasteiger partial charge is 0.506 e. The van der Waals surface area contributed by atoms with E-state index in [1.807, 2.05) is 12.1 Å². The van der Waals surface area contributed by atoms with E-state index in [1.165, 1.54) is 0 Å². The van der Waals surface area contributed by atoms with Gasteiger partial charge in [-0.2, -0.15) is 0 Å². The highest BCUT2D eigenvalue weighted by molar-refractivity contribution is 6.32. The predicted molar refractivity (Wildman–Crippen MR) is 85.7 cm³/mol. The van der Waals surface area contributed by atoms with Gasteiger partial charge in [-0.1, -0.05) is 23.7 Å². The van der Waals surface area contributed by atoms with Crippen molar-refractivity contribution in [2.45, 2.75) is 31.8 Å². The van der Waals surface area contributed by atoms with Crippen LogP contribution < -0.4 is 0 Å². The molecule has 0 bridgehead atoms. The second kappa shape index (κ2) is 7.99. The molecule has 5 heteroatoms. The third-order valence-electron chi connectivity index (χ3n) is 4.31.